The minimum Gasteiger partial charge on any atom is -0.381 e. The third-order valence-electron chi connectivity index (χ3n) is 3.46. The van der Waals surface area contributed by atoms with Gasteiger partial charge in [0.1, 0.15) is 0 Å². The van der Waals surface area contributed by atoms with Crippen molar-refractivity contribution in [1.82, 2.24) is 5.32 Å². The van der Waals surface area contributed by atoms with Gasteiger partial charge in [-0.1, -0.05) is 6.42 Å². The summed E-state index contributed by atoms with van der Waals surface area (Å²) in [5, 5.41) is 12.4. The molecule has 0 saturated carbocycles. The van der Waals surface area contributed by atoms with E-state index in [9.17, 15) is 0 Å². The Kier molecular flexibility index (Phi) is 6.54. The van der Waals surface area contributed by atoms with Gasteiger partial charge >= 0.3 is 0 Å². The van der Waals surface area contributed by atoms with Crippen LogP contribution < -0.4 is 5.32 Å². The van der Waals surface area contributed by atoms with Crippen LogP contribution in [0.25, 0.3) is 0 Å². The van der Waals surface area contributed by atoms with Gasteiger partial charge in [0.25, 0.3) is 0 Å². The summed E-state index contributed by atoms with van der Waals surface area (Å²) >= 11 is 0. The van der Waals surface area contributed by atoms with Gasteiger partial charge in [0.2, 0.25) is 0 Å². The van der Waals surface area contributed by atoms with Crippen molar-refractivity contribution >= 4 is 0 Å². The molecule has 1 aliphatic heterocycles. The summed E-state index contributed by atoms with van der Waals surface area (Å²) < 4.78 is 5.34. The standard InChI is InChI=1S/C14H26N2O/c1-14(2,12-15)7-3-4-8-16-9-5-13-6-10-17-11-13/h13,16H,3-11H2,1-2H3. The Bertz CT molecular complexity index is 239. The summed E-state index contributed by atoms with van der Waals surface area (Å²) in [6.07, 6.45) is 5.79. The van der Waals surface area contributed by atoms with Gasteiger partial charge in [0.05, 0.1) is 11.5 Å². The van der Waals surface area contributed by atoms with Crippen LogP contribution >= 0.6 is 0 Å². The Morgan fingerprint density at radius 3 is 2.82 bits per heavy atom. The van der Waals surface area contributed by atoms with Crippen LogP contribution in [0.3, 0.4) is 0 Å². The highest BCUT2D eigenvalue weighted by atomic mass is 16.5. The van der Waals surface area contributed by atoms with Crippen LogP contribution in [0.2, 0.25) is 0 Å². The molecule has 1 aliphatic rings. The van der Waals surface area contributed by atoms with Crippen molar-refractivity contribution in [2.75, 3.05) is 26.3 Å². The monoisotopic (exact) mass is 238 g/mol. The molecule has 0 aromatic rings. The average Bonchev–Trinajstić information content (AvgIpc) is 2.81. The Balaban J connectivity index is 1.86. The molecule has 1 unspecified atom stereocenters. The minimum atomic E-state index is -0.152. The summed E-state index contributed by atoms with van der Waals surface area (Å²) in [6.45, 7) is 8.12. The molecular weight excluding hydrogens is 212 g/mol. The van der Waals surface area contributed by atoms with E-state index in [1.54, 1.807) is 0 Å². The van der Waals surface area contributed by atoms with E-state index in [2.05, 4.69) is 11.4 Å². The lowest BCUT2D eigenvalue weighted by atomic mass is 9.89. The highest BCUT2D eigenvalue weighted by Crippen LogP contribution is 2.21. The van der Waals surface area contributed by atoms with Crippen LogP contribution in [0.5, 0.6) is 0 Å². The molecule has 3 heteroatoms. The zero-order chi connectivity index (χ0) is 12.6. The van der Waals surface area contributed by atoms with Gasteiger partial charge < -0.3 is 10.1 Å². The van der Waals surface area contributed by atoms with Crippen LogP contribution in [-0.2, 0) is 4.74 Å². The first-order valence-corrected chi connectivity index (χ1v) is 6.84. The van der Waals surface area contributed by atoms with Gasteiger partial charge in [0, 0.05) is 13.2 Å². The summed E-state index contributed by atoms with van der Waals surface area (Å²) in [6, 6.07) is 2.35. The van der Waals surface area contributed by atoms with Crippen LogP contribution in [0.4, 0.5) is 0 Å². The number of ether oxygens (including phenoxy) is 1. The largest absolute Gasteiger partial charge is 0.381 e. The zero-order valence-electron chi connectivity index (χ0n) is 11.3. The summed E-state index contributed by atoms with van der Waals surface area (Å²) in [4.78, 5) is 0. The van der Waals surface area contributed by atoms with Crippen LogP contribution in [0.15, 0.2) is 0 Å². The van der Waals surface area contributed by atoms with Crippen molar-refractivity contribution in [3.8, 4) is 6.07 Å². The fourth-order valence-corrected chi connectivity index (χ4v) is 2.12. The molecule has 3 nitrogen and oxygen atoms in total. The molecule has 0 bridgehead atoms. The van der Waals surface area contributed by atoms with Gasteiger partial charge in [-0.15, -0.1) is 0 Å². The molecule has 0 aromatic heterocycles. The lowest BCUT2D eigenvalue weighted by Gasteiger charge is -2.14. The maximum Gasteiger partial charge on any atom is 0.0683 e. The van der Waals surface area contributed by atoms with Crippen molar-refractivity contribution in [3.05, 3.63) is 0 Å². The fraction of sp³-hybridized carbons (Fsp3) is 0.929. The first-order valence-electron chi connectivity index (χ1n) is 6.84. The molecule has 0 amide bonds. The summed E-state index contributed by atoms with van der Waals surface area (Å²) in [5.41, 5.74) is -0.152. The topological polar surface area (TPSA) is 45.0 Å². The molecule has 0 aromatic carbocycles. The third-order valence-corrected chi connectivity index (χ3v) is 3.46. The quantitative estimate of drug-likeness (QED) is 0.661. The SMILES string of the molecule is CC(C)(C#N)CCCCNCCC1CCOC1. The van der Waals surface area contributed by atoms with E-state index in [-0.39, 0.29) is 5.41 Å². The summed E-state index contributed by atoms with van der Waals surface area (Å²) in [7, 11) is 0. The highest BCUT2D eigenvalue weighted by Gasteiger charge is 2.16. The van der Waals surface area contributed by atoms with E-state index in [0.29, 0.717) is 0 Å². The Morgan fingerprint density at radius 1 is 1.35 bits per heavy atom. The van der Waals surface area contributed by atoms with Crippen LogP contribution in [0, 0.1) is 22.7 Å². The van der Waals surface area contributed by atoms with Crippen LogP contribution in [0.1, 0.15) is 46.0 Å². The summed E-state index contributed by atoms with van der Waals surface area (Å²) in [5.74, 6) is 0.778. The first-order chi connectivity index (χ1) is 8.14. The Morgan fingerprint density at radius 2 is 2.18 bits per heavy atom. The van der Waals surface area contributed by atoms with Gasteiger partial charge in [-0.2, -0.15) is 5.26 Å². The second kappa shape index (κ2) is 7.68. The Labute approximate surface area is 106 Å². The van der Waals surface area contributed by atoms with Crippen molar-refractivity contribution in [1.29, 1.82) is 5.26 Å². The van der Waals surface area contributed by atoms with E-state index in [4.69, 9.17) is 10.00 Å². The number of unbranched alkanes of at least 4 members (excludes halogenated alkanes) is 1. The predicted octanol–water partition coefficient (Wildman–Crippen LogP) is 2.72. The van der Waals surface area contributed by atoms with Crippen molar-refractivity contribution < 1.29 is 4.74 Å². The van der Waals surface area contributed by atoms with Gasteiger partial charge in [-0.3, -0.25) is 0 Å². The number of nitrogens with zero attached hydrogens (tertiary/aromatic N) is 1. The van der Waals surface area contributed by atoms with E-state index < -0.39 is 0 Å². The van der Waals surface area contributed by atoms with Gasteiger partial charge in [-0.05, 0) is 58.5 Å². The zero-order valence-corrected chi connectivity index (χ0v) is 11.3. The maximum atomic E-state index is 8.88. The smallest absolute Gasteiger partial charge is 0.0683 e. The Hall–Kier alpha value is -0.590. The molecule has 1 fully saturated rings. The molecule has 1 heterocycles. The lowest BCUT2D eigenvalue weighted by molar-refractivity contribution is 0.184. The molecule has 17 heavy (non-hydrogen) atoms. The first kappa shape index (κ1) is 14.5. The number of hydrogen-bond donors (Lipinski definition) is 1. The molecular formula is C14H26N2O. The molecule has 0 spiro atoms. The van der Waals surface area contributed by atoms with Crippen LogP contribution in [-0.4, -0.2) is 26.3 Å². The second-order valence-electron chi connectivity index (χ2n) is 5.72. The molecule has 1 rings (SSSR count). The van der Waals surface area contributed by atoms with Crippen molar-refractivity contribution in [2.45, 2.75) is 46.0 Å². The second-order valence-corrected chi connectivity index (χ2v) is 5.72. The fourth-order valence-electron chi connectivity index (χ4n) is 2.12. The number of nitrogens with one attached hydrogen (secondary N) is 1. The third kappa shape index (κ3) is 6.65. The molecule has 0 radical (unpaired) electrons. The van der Waals surface area contributed by atoms with Crippen molar-refractivity contribution in [3.63, 3.8) is 0 Å². The molecule has 0 aliphatic carbocycles. The van der Waals surface area contributed by atoms with Gasteiger partial charge in [0.15, 0.2) is 0 Å². The number of rotatable bonds is 8. The minimum absolute atomic E-state index is 0.152. The average molecular weight is 238 g/mol. The van der Waals surface area contributed by atoms with Gasteiger partial charge in [-0.25, -0.2) is 0 Å². The number of nitriles is 1. The van der Waals surface area contributed by atoms with Crippen molar-refractivity contribution in [2.24, 2.45) is 11.3 Å². The maximum absolute atomic E-state index is 8.88. The predicted molar refractivity (Wildman–Crippen MR) is 69.7 cm³/mol. The number of hydrogen-bond acceptors (Lipinski definition) is 3. The van der Waals surface area contributed by atoms with E-state index in [1.165, 1.54) is 19.3 Å². The highest BCUT2D eigenvalue weighted by molar-refractivity contribution is 4.91. The molecule has 1 saturated heterocycles. The molecule has 98 valence electrons. The lowest BCUT2D eigenvalue weighted by Crippen LogP contribution is -2.20. The van der Waals surface area contributed by atoms with E-state index in [1.807, 2.05) is 13.8 Å². The molecule has 1 N–H and O–H groups in total. The van der Waals surface area contributed by atoms with E-state index in [0.717, 1.165) is 45.1 Å². The normalized spacial score (nSPS) is 20.4. The van der Waals surface area contributed by atoms with E-state index >= 15 is 0 Å². The molecule has 1 atom stereocenters.